The van der Waals surface area contributed by atoms with Gasteiger partial charge in [0.1, 0.15) is 0 Å². The third-order valence-corrected chi connectivity index (χ3v) is 3.14. The van der Waals surface area contributed by atoms with E-state index in [1.807, 2.05) is 0 Å². The van der Waals surface area contributed by atoms with Crippen molar-refractivity contribution in [2.24, 2.45) is 0 Å². The minimum atomic E-state index is -0.445. The molecule has 0 atom stereocenters. The van der Waals surface area contributed by atoms with Crippen LogP contribution in [0.4, 0.5) is 11.4 Å². The highest BCUT2D eigenvalue weighted by molar-refractivity contribution is 5.92. The second-order valence-electron chi connectivity index (χ2n) is 4.73. The Labute approximate surface area is 111 Å². The molecule has 6 nitrogen and oxygen atoms in total. The molecule has 2 rings (SSSR count). The zero-order valence-corrected chi connectivity index (χ0v) is 10.8. The number of nitro groups is 1. The molecular formula is C13H17N3O3. The van der Waals surface area contributed by atoms with Gasteiger partial charge in [0.05, 0.1) is 16.2 Å². The third kappa shape index (κ3) is 3.75. The molecule has 0 aliphatic heterocycles. The van der Waals surface area contributed by atoms with Crippen molar-refractivity contribution in [1.82, 2.24) is 5.32 Å². The molecular weight excluding hydrogens is 246 g/mol. The van der Waals surface area contributed by atoms with Gasteiger partial charge in [0, 0.05) is 25.1 Å². The summed E-state index contributed by atoms with van der Waals surface area (Å²) >= 11 is 0. The fourth-order valence-corrected chi connectivity index (χ4v) is 1.85. The first-order valence-corrected chi connectivity index (χ1v) is 6.35. The Balaban J connectivity index is 1.91. The van der Waals surface area contributed by atoms with Crippen LogP contribution in [0, 0.1) is 17.0 Å². The number of nitrogens with zero attached hydrogens (tertiary/aromatic N) is 1. The summed E-state index contributed by atoms with van der Waals surface area (Å²) in [4.78, 5) is 22.1. The summed E-state index contributed by atoms with van der Waals surface area (Å²) in [7, 11) is 0. The predicted molar refractivity (Wildman–Crippen MR) is 72.1 cm³/mol. The van der Waals surface area contributed by atoms with Gasteiger partial charge in [-0.15, -0.1) is 0 Å². The summed E-state index contributed by atoms with van der Waals surface area (Å²) in [5, 5.41) is 16.8. The lowest BCUT2D eigenvalue weighted by Crippen LogP contribution is -2.23. The van der Waals surface area contributed by atoms with Crippen molar-refractivity contribution in [2.75, 3.05) is 11.9 Å². The van der Waals surface area contributed by atoms with Crippen LogP contribution in [0.25, 0.3) is 0 Å². The predicted octanol–water partition coefficient (Wildman–Crippen LogP) is 1.98. The molecule has 0 saturated heterocycles. The van der Waals surface area contributed by atoms with Crippen LogP contribution in [0.1, 0.15) is 24.8 Å². The number of benzene rings is 1. The van der Waals surface area contributed by atoms with Gasteiger partial charge < -0.3 is 10.6 Å². The van der Waals surface area contributed by atoms with Crippen molar-refractivity contribution in [1.29, 1.82) is 0 Å². The molecule has 0 unspecified atom stereocenters. The molecule has 0 heterocycles. The summed E-state index contributed by atoms with van der Waals surface area (Å²) in [6.45, 7) is 2.28. The fraction of sp³-hybridized carbons (Fsp3) is 0.462. The summed E-state index contributed by atoms with van der Waals surface area (Å²) < 4.78 is 0. The van der Waals surface area contributed by atoms with Crippen LogP contribution in [0.5, 0.6) is 0 Å². The van der Waals surface area contributed by atoms with Crippen molar-refractivity contribution < 1.29 is 9.72 Å². The molecule has 1 saturated carbocycles. The van der Waals surface area contributed by atoms with Gasteiger partial charge in [-0.05, 0) is 25.8 Å². The van der Waals surface area contributed by atoms with E-state index in [2.05, 4.69) is 10.6 Å². The first kappa shape index (κ1) is 13.5. The van der Waals surface area contributed by atoms with Crippen LogP contribution in [0.15, 0.2) is 18.2 Å². The van der Waals surface area contributed by atoms with Gasteiger partial charge in [0.2, 0.25) is 5.91 Å². The van der Waals surface area contributed by atoms with E-state index in [1.54, 1.807) is 19.1 Å². The Morgan fingerprint density at radius 2 is 2.21 bits per heavy atom. The average molecular weight is 263 g/mol. The number of hydrogen-bond acceptors (Lipinski definition) is 4. The second kappa shape index (κ2) is 5.79. The maximum absolute atomic E-state index is 11.7. The van der Waals surface area contributed by atoms with Gasteiger partial charge in [-0.3, -0.25) is 14.9 Å². The van der Waals surface area contributed by atoms with Gasteiger partial charge in [-0.25, -0.2) is 0 Å². The molecule has 1 aromatic rings. The smallest absolute Gasteiger partial charge is 0.274 e. The van der Waals surface area contributed by atoms with Crippen molar-refractivity contribution in [3.63, 3.8) is 0 Å². The van der Waals surface area contributed by atoms with Crippen molar-refractivity contribution in [3.8, 4) is 0 Å². The van der Waals surface area contributed by atoms with E-state index in [1.165, 1.54) is 18.9 Å². The van der Waals surface area contributed by atoms with Gasteiger partial charge in [0.25, 0.3) is 5.69 Å². The van der Waals surface area contributed by atoms with E-state index in [0.29, 0.717) is 30.3 Å². The highest BCUT2D eigenvalue weighted by Gasteiger charge is 2.20. The van der Waals surface area contributed by atoms with E-state index < -0.39 is 4.92 Å². The normalized spacial score (nSPS) is 14.2. The Bertz CT molecular complexity index is 498. The number of nitrogens with one attached hydrogen (secondary N) is 2. The number of anilines is 1. The van der Waals surface area contributed by atoms with Gasteiger partial charge in [-0.1, -0.05) is 6.07 Å². The average Bonchev–Trinajstić information content (AvgIpc) is 3.15. The Morgan fingerprint density at radius 3 is 2.84 bits per heavy atom. The second-order valence-corrected chi connectivity index (χ2v) is 4.73. The lowest BCUT2D eigenvalue weighted by Gasteiger charge is -2.08. The number of amides is 1. The fourth-order valence-electron chi connectivity index (χ4n) is 1.85. The van der Waals surface area contributed by atoms with Gasteiger partial charge >= 0.3 is 0 Å². The summed E-state index contributed by atoms with van der Waals surface area (Å²) in [6.07, 6.45) is 2.75. The van der Waals surface area contributed by atoms with Crippen LogP contribution in [0.2, 0.25) is 0 Å². The molecule has 1 fully saturated rings. The number of nitro benzene ring substituents is 1. The Kier molecular flexibility index (Phi) is 4.11. The molecule has 0 radical (unpaired) electrons. The molecule has 1 aromatic carbocycles. The third-order valence-electron chi connectivity index (χ3n) is 3.14. The minimum absolute atomic E-state index is 0.0221. The van der Waals surface area contributed by atoms with Gasteiger partial charge in [0.15, 0.2) is 0 Å². The molecule has 1 aliphatic rings. The SMILES string of the molecule is Cc1c(NC(=O)CCNC2CC2)cccc1[N+](=O)[O-]. The topological polar surface area (TPSA) is 84.3 Å². The number of hydrogen-bond donors (Lipinski definition) is 2. The maximum Gasteiger partial charge on any atom is 0.274 e. The molecule has 1 amide bonds. The van der Waals surface area contributed by atoms with E-state index in [4.69, 9.17) is 0 Å². The molecule has 1 aliphatic carbocycles. The van der Waals surface area contributed by atoms with Crippen LogP contribution >= 0.6 is 0 Å². The summed E-state index contributed by atoms with van der Waals surface area (Å²) in [5.41, 5.74) is 1.01. The lowest BCUT2D eigenvalue weighted by molar-refractivity contribution is -0.385. The van der Waals surface area contributed by atoms with Gasteiger partial charge in [-0.2, -0.15) is 0 Å². The van der Waals surface area contributed by atoms with Crippen LogP contribution in [0.3, 0.4) is 0 Å². The number of carbonyl (C=O) groups is 1. The molecule has 102 valence electrons. The van der Waals surface area contributed by atoms with E-state index in [-0.39, 0.29) is 11.6 Å². The largest absolute Gasteiger partial charge is 0.326 e. The molecule has 0 spiro atoms. The molecule has 19 heavy (non-hydrogen) atoms. The standard InChI is InChI=1S/C13H17N3O3/c1-9-11(3-2-4-12(9)16(18)19)15-13(17)7-8-14-10-5-6-10/h2-4,10,14H,5-8H2,1H3,(H,15,17). The zero-order valence-electron chi connectivity index (χ0n) is 10.8. The lowest BCUT2D eigenvalue weighted by atomic mass is 10.1. The highest BCUT2D eigenvalue weighted by Crippen LogP contribution is 2.25. The van der Waals surface area contributed by atoms with Crippen LogP contribution < -0.4 is 10.6 Å². The van der Waals surface area contributed by atoms with Crippen LogP contribution in [-0.4, -0.2) is 23.4 Å². The first-order chi connectivity index (χ1) is 9.08. The minimum Gasteiger partial charge on any atom is -0.326 e. The van der Waals surface area contributed by atoms with E-state index in [9.17, 15) is 14.9 Å². The van der Waals surface area contributed by atoms with E-state index in [0.717, 1.165) is 0 Å². The maximum atomic E-state index is 11.7. The molecule has 0 bridgehead atoms. The highest BCUT2D eigenvalue weighted by atomic mass is 16.6. The van der Waals surface area contributed by atoms with Crippen LogP contribution in [-0.2, 0) is 4.79 Å². The van der Waals surface area contributed by atoms with Crippen molar-refractivity contribution in [3.05, 3.63) is 33.9 Å². The quantitative estimate of drug-likeness (QED) is 0.607. The molecule has 6 heteroatoms. The van der Waals surface area contributed by atoms with E-state index >= 15 is 0 Å². The van der Waals surface area contributed by atoms with Crippen molar-refractivity contribution in [2.45, 2.75) is 32.2 Å². The monoisotopic (exact) mass is 263 g/mol. The number of rotatable bonds is 6. The molecule has 0 aromatic heterocycles. The molecule has 2 N–H and O–H groups in total. The number of carbonyl (C=O) groups excluding carboxylic acids is 1. The summed E-state index contributed by atoms with van der Waals surface area (Å²) in [6, 6.07) is 5.25. The van der Waals surface area contributed by atoms with Crippen molar-refractivity contribution >= 4 is 17.3 Å². The Hall–Kier alpha value is -1.95. The zero-order chi connectivity index (χ0) is 13.8. The Morgan fingerprint density at radius 1 is 1.47 bits per heavy atom. The first-order valence-electron chi connectivity index (χ1n) is 6.35. The summed E-state index contributed by atoms with van der Waals surface area (Å²) in [5.74, 6) is -0.128.